The van der Waals surface area contributed by atoms with Gasteiger partial charge in [0.15, 0.2) is 0 Å². The lowest BCUT2D eigenvalue weighted by Gasteiger charge is -2.29. The summed E-state index contributed by atoms with van der Waals surface area (Å²) in [5.41, 5.74) is 6.41. The van der Waals surface area contributed by atoms with Crippen LogP contribution in [0.25, 0.3) is 0 Å². The van der Waals surface area contributed by atoms with Crippen LogP contribution in [0.15, 0.2) is 24.3 Å². The number of nitrogens with two attached hydrogens (primary N) is 1. The zero-order chi connectivity index (χ0) is 15.2. The lowest BCUT2D eigenvalue weighted by Crippen LogP contribution is -2.52. The van der Waals surface area contributed by atoms with Crippen molar-refractivity contribution in [3.05, 3.63) is 29.8 Å². The first kappa shape index (κ1) is 19.7. The second-order valence-electron chi connectivity index (χ2n) is 5.46. The Kier molecular flexibility index (Phi) is 8.37. The first-order valence-electron chi connectivity index (χ1n) is 7.08. The number of nitrogens with zero attached hydrogens (tertiary/aromatic N) is 1. The van der Waals surface area contributed by atoms with E-state index in [0.717, 1.165) is 24.2 Å². The van der Waals surface area contributed by atoms with Crippen molar-refractivity contribution in [2.24, 2.45) is 5.73 Å². The van der Waals surface area contributed by atoms with Gasteiger partial charge < -0.3 is 15.4 Å². The third-order valence-electron chi connectivity index (χ3n) is 3.51. The molecule has 0 aromatic heterocycles. The minimum absolute atomic E-state index is 0. The third kappa shape index (κ3) is 5.56. The van der Waals surface area contributed by atoms with Crippen molar-refractivity contribution in [2.45, 2.75) is 38.6 Å². The Bertz CT molecular complexity index is 450. The maximum absolute atomic E-state index is 12.3. The van der Waals surface area contributed by atoms with Crippen LogP contribution in [-0.4, -0.2) is 37.0 Å². The van der Waals surface area contributed by atoms with Crippen LogP contribution in [0.5, 0.6) is 5.75 Å². The van der Waals surface area contributed by atoms with E-state index < -0.39 is 5.54 Å². The molecule has 0 heterocycles. The van der Waals surface area contributed by atoms with E-state index in [9.17, 15) is 4.79 Å². The number of likely N-dealkylation sites (N-methyl/N-ethyl adjacent to an activating group) is 1. The van der Waals surface area contributed by atoms with Gasteiger partial charge in [-0.25, -0.2) is 0 Å². The van der Waals surface area contributed by atoms with Crippen molar-refractivity contribution >= 4 is 18.3 Å². The van der Waals surface area contributed by atoms with E-state index in [4.69, 9.17) is 10.5 Å². The fourth-order valence-electron chi connectivity index (χ4n) is 2.36. The standard InChI is InChI=1S/C16H26N2O2.ClH/c1-5-11-16(2,17)15(19)18(3)12-10-13-8-6-7-9-14(13)20-4;/h6-9H,5,10-12,17H2,1-4H3;1H. The number of halogens is 1. The van der Waals surface area contributed by atoms with E-state index in [1.165, 1.54) is 0 Å². The van der Waals surface area contributed by atoms with Crippen molar-refractivity contribution in [3.63, 3.8) is 0 Å². The zero-order valence-electron chi connectivity index (χ0n) is 13.4. The van der Waals surface area contributed by atoms with E-state index in [-0.39, 0.29) is 18.3 Å². The molecule has 120 valence electrons. The topological polar surface area (TPSA) is 55.6 Å². The molecule has 0 saturated carbocycles. The van der Waals surface area contributed by atoms with Crippen LogP contribution in [0, 0.1) is 0 Å². The summed E-state index contributed by atoms with van der Waals surface area (Å²) in [7, 11) is 3.46. The Hall–Kier alpha value is -1.26. The lowest BCUT2D eigenvalue weighted by molar-refractivity contribution is -0.135. The number of hydrogen-bond acceptors (Lipinski definition) is 3. The van der Waals surface area contributed by atoms with Gasteiger partial charge in [0.25, 0.3) is 0 Å². The zero-order valence-corrected chi connectivity index (χ0v) is 14.2. The molecule has 5 heteroatoms. The normalized spacial score (nSPS) is 13.0. The van der Waals surface area contributed by atoms with E-state index in [1.807, 2.05) is 31.2 Å². The van der Waals surface area contributed by atoms with Crippen LogP contribution < -0.4 is 10.5 Å². The number of hydrogen-bond donors (Lipinski definition) is 1. The summed E-state index contributed by atoms with van der Waals surface area (Å²) in [5.74, 6) is 0.853. The molecule has 1 amide bonds. The minimum atomic E-state index is -0.774. The minimum Gasteiger partial charge on any atom is -0.496 e. The lowest BCUT2D eigenvalue weighted by atomic mass is 9.96. The fraction of sp³-hybridized carbons (Fsp3) is 0.562. The van der Waals surface area contributed by atoms with Gasteiger partial charge in [0.1, 0.15) is 5.75 Å². The SMILES string of the molecule is CCCC(C)(N)C(=O)N(C)CCc1ccccc1OC.Cl. The summed E-state index contributed by atoms with van der Waals surface area (Å²) in [6, 6.07) is 7.87. The van der Waals surface area contributed by atoms with Gasteiger partial charge in [-0.15, -0.1) is 12.4 Å². The number of rotatable bonds is 7. The molecule has 1 unspecified atom stereocenters. The molecule has 1 atom stereocenters. The van der Waals surface area contributed by atoms with Gasteiger partial charge in [-0.1, -0.05) is 31.5 Å². The van der Waals surface area contributed by atoms with E-state index >= 15 is 0 Å². The second-order valence-corrected chi connectivity index (χ2v) is 5.46. The van der Waals surface area contributed by atoms with E-state index in [2.05, 4.69) is 0 Å². The predicted octanol–water partition coefficient (Wildman–Crippen LogP) is 2.64. The first-order chi connectivity index (χ1) is 9.42. The molecule has 1 aromatic rings. The highest BCUT2D eigenvalue weighted by atomic mass is 35.5. The van der Waals surface area contributed by atoms with Gasteiger partial charge >= 0.3 is 0 Å². The molecule has 0 fully saturated rings. The number of benzene rings is 1. The average molecular weight is 315 g/mol. The molecule has 0 aliphatic heterocycles. The average Bonchev–Trinajstić information content (AvgIpc) is 2.44. The van der Waals surface area contributed by atoms with Crippen LogP contribution >= 0.6 is 12.4 Å². The van der Waals surface area contributed by atoms with Crippen LogP contribution in [0.2, 0.25) is 0 Å². The van der Waals surface area contributed by atoms with Gasteiger partial charge in [-0.3, -0.25) is 4.79 Å². The van der Waals surface area contributed by atoms with Crippen molar-refractivity contribution < 1.29 is 9.53 Å². The highest BCUT2D eigenvalue weighted by molar-refractivity contribution is 5.85. The number of amides is 1. The quantitative estimate of drug-likeness (QED) is 0.841. The number of ether oxygens (including phenoxy) is 1. The van der Waals surface area contributed by atoms with Gasteiger partial charge in [0.05, 0.1) is 12.6 Å². The van der Waals surface area contributed by atoms with E-state index in [1.54, 1.807) is 26.0 Å². The van der Waals surface area contributed by atoms with Gasteiger partial charge in [-0.05, 0) is 31.4 Å². The smallest absolute Gasteiger partial charge is 0.242 e. The largest absolute Gasteiger partial charge is 0.496 e. The summed E-state index contributed by atoms with van der Waals surface area (Å²) < 4.78 is 5.32. The second kappa shape index (κ2) is 8.90. The van der Waals surface area contributed by atoms with Crippen molar-refractivity contribution in [3.8, 4) is 5.75 Å². The molecule has 1 aromatic carbocycles. The van der Waals surface area contributed by atoms with Crippen LogP contribution in [0.3, 0.4) is 0 Å². The Balaban J connectivity index is 0.00000400. The highest BCUT2D eigenvalue weighted by Gasteiger charge is 2.29. The molecular formula is C16H27ClN2O2. The maximum Gasteiger partial charge on any atom is 0.242 e. The molecular weight excluding hydrogens is 288 g/mol. The number of carbonyl (C=O) groups is 1. The summed E-state index contributed by atoms with van der Waals surface area (Å²) >= 11 is 0. The Morgan fingerprint density at radius 3 is 2.57 bits per heavy atom. The summed E-state index contributed by atoms with van der Waals surface area (Å²) in [6.45, 7) is 4.47. The molecule has 1 rings (SSSR count). The summed E-state index contributed by atoms with van der Waals surface area (Å²) in [5, 5.41) is 0. The molecule has 0 aliphatic rings. The number of methoxy groups -OCH3 is 1. The van der Waals surface area contributed by atoms with Crippen molar-refractivity contribution in [2.75, 3.05) is 20.7 Å². The van der Waals surface area contributed by atoms with Crippen LogP contribution in [0.1, 0.15) is 32.3 Å². The molecule has 0 radical (unpaired) electrons. The monoisotopic (exact) mass is 314 g/mol. The van der Waals surface area contributed by atoms with E-state index in [0.29, 0.717) is 13.0 Å². The Labute approximate surface area is 134 Å². The van der Waals surface area contributed by atoms with Crippen molar-refractivity contribution in [1.29, 1.82) is 0 Å². The predicted molar refractivity (Wildman–Crippen MR) is 89.1 cm³/mol. The summed E-state index contributed by atoms with van der Waals surface area (Å²) in [6.07, 6.45) is 2.36. The number of carbonyl (C=O) groups excluding carboxylic acids is 1. The molecule has 0 saturated heterocycles. The van der Waals surface area contributed by atoms with Crippen LogP contribution in [0.4, 0.5) is 0 Å². The molecule has 21 heavy (non-hydrogen) atoms. The summed E-state index contributed by atoms with van der Waals surface area (Å²) in [4.78, 5) is 14.0. The van der Waals surface area contributed by atoms with Gasteiger partial charge in [0.2, 0.25) is 5.91 Å². The van der Waals surface area contributed by atoms with Crippen LogP contribution in [-0.2, 0) is 11.2 Å². The van der Waals surface area contributed by atoms with Gasteiger partial charge in [0, 0.05) is 13.6 Å². The van der Waals surface area contributed by atoms with Gasteiger partial charge in [-0.2, -0.15) is 0 Å². The molecule has 0 aliphatic carbocycles. The molecule has 0 spiro atoms. The fourth-order valence-corrected chi connectivity index (χ4v) is 2.36. The highest BCUT2D eigenvalue weighted by Crippen LogP contribution is 2.18. The molecule has 2 N–H and O–H groups in total. The Morgan fingerprint density at radius 1 is 1.38 bits per heavy atom. The maximum atomic E-state index is 12.3. The Morgan fingerprint density at radius 2 is 2.00 bits per heavy atom. The molecule has 4 nitrogen and oxygen atoms in total. The third-order valence-corrected chi connectivity index (χ3v) is 3.51. The van der Waals surface area contributed by atoms with Crippen molar-refractivity contribution in [1.82, 2.24) is 4.90 Å². The molecule has 0 bridgehead atoms. The first-order valence-corrected chi connectivity index (χ1v) is 7.08. The number of para-hydroxylation sites is 1.